The van der Waals surface area contributed by atoms with Crippen LogP contribution in [0.1, 0.15) is 31.5 Å². The smallest absolute Gasteiger partial charge is 0.392 e. The van der Waals surface area contributed by atoms with Gasteiger partial charge in [-0.2, -0.15) is 13.2 Å². The number of fused-ring (bicyclic) bond motifs is 1. The number of halogens is 3. The lowest BCUT2D eigenvalue weighted by molar-refractivity contribution is -0.177. The maximum atomic E-state index is 13.3. The summed E-state index contributed by atoms with van der Waals surface area (Å²) in [5.74, 6) is -2.39. The third-order valence-corrected chi connectivity index (χ3v) is 5.19. The fraction of sp³-hybridized carbons (Fsp3) is 0.318. The highest BCUT2D eigenvalue weighted by molar-refractivity contribution is 5.86. The normalized spacial score (nSPS) is 18.1. The van der Waals surface area contributed by atoms with Gasteiger partial charge in [0, 0.05) is 17.0 Å². The van der Waals surface area contributed by atoms with Crippen LogP contribution in [0, 0.1) is 5.92 Å². The van der Waals surface area contributed by atoms with E-state index in [0.717, 1.165) is 16.8 Å². The molecule has 0 radical (unpaired) electrons. The molecular formula is C22H22F3NO2. The van der Waals surface area contributed by atoms with Gasteiger partial charge in [-0.15, -0.1) is 0 Å². The number of aliphatic carboxylic acids is 1. The third-order valence-electron chi connectivity index (χ3n) is 5.19. The minimum Gasteiger partial charge on any atom is -0.478 e. The predicted molar refractivity (Wildman–Crippen MR) is 103 cm³/mol. The van der Waals surface area contributed by atoms with Gasteiger partial charge in [0.05, 0.1) is 11.6 Å². The molecule has 0 fully saturated rings. The molecule has 1 aliphatic rings. The van der Waals surface area contributed by atoms with Crippen molar-refractivity contribution in [3.63, 3.8) is 0 Å². The van der Waals surface area contributed by atoms with E-state index < -0.39 is 18.1 Å². The van der Waals surface area contributed by atoms with E-state index in [-0.39, 0.29) is 18.4 Å². The van der Waals surface area contributed by atoms with E-state index in [1.807, 2.05) is 41.0 Å². The molecule has 0 bridgehead atoms. The number of carboxylic acid groups (broad SMARTS) is 1. The summed E-state index contributed by atoms with van der Waals surface area (Å²) in [5, 5.41) is 9.05. The minimum absolute atomic E-state index is 0.0710. The maximum absolute atomic E-state index is 13.3. The zero-order valence-corrected chi connectivity index (χ0v) is 15.8. The molecule has 3 nitrogen and oxygen atoms in total. The first-order chi connectivity index (χ1) is 13.2. The molecule has 1 atom stereocenters. The Morgan fingerprint density at radius 1 is 1.18 bits per heavy atom. The number of aryl methyl sites for hydroxylation is 1. The summed E-state index contributed by atoms with van der Waals surface area (Å²) in [6, 6.07) is 11.5. The SMILES string of the molecule is C/C(=C\C=C(/C)n1c(-c2ccccc2)cc2c1CC(C(F)(F)F)CC2)C(=O)O. The van der Waals surface area contributed by atoms with Crippen molar-refractivity contribution < 1.29 is 23.1 Å². The average Bonchev–Trinajstić information content (AvgIpc) is 3.04. The summed E-state index contributed by atoms with van der Waals surface area (Å²) >= 11 is 0. The molecule has 0 saturated carbocycles. The number of rotatable bonds is 4. The molecular weight excluding hydrogens is 367 g/mol. The van der Waals surface area contributed by atoms with Crippen LogP contribution in [0.3, 0.4) is 0 Å². The average molecular weight is 389 g/mol. The Bertz CT molecular complexity index is 937. The van der Waals surface area contributed by atoms with Gasteiger partial charge in [0.2, 0.25) is 0 Å². The zero-order chi connectivity index (χ0) is 20.5. The highest BCUT2D eigenvalue weighted by atomic mass is 19.4. The maximum Gasteiger partial charge on any atom is 0.392 e. The van der Waals surface area contributed by atoms with Crippen molar-refractivity contribution >= 4 is 11.7 Å². The van der Waals surface area contributed by atoms with E-state index in [1.165, 1.54) is 13.0 Å². The molecule has 1 heterocycles. The molecule has 148 valence electrons. The Balaban J connectivity index is 2.13. The van der Waals surface area contributed by atoms with Crippen LogP contribution in [0.25, 0.3) is 17.0 Å². The topological polar surface area (TPSA) is 42.2 Å². The molecule has 3 rings (SSSR count). The number of benzene rings is 1. The fourth-order valence-corrected chi connectivity index (χ4v) is 3.60. The van der Waals surface area contributed by atoms with E-state index in [4.69, 9.17) is 5.11 Å². The number of alkyl halides is 3. The standard InChI is InChI=1S/C22H22F3NO2/c1-14(21(27)28)8-9-15(2)26-19(16-6-4-3-5-7-16)12-17-10-11-18(13-20(17)26)22(23,24)25/h3-9,12,18H,10-11,13H2,1-2H3,(H,27,28)/b14-8+,15-9+. The number of hydrogen-bond acceptors (Lipinski definition) is 1. The van der Waals surface area contributed by atoms with Crippen molar-refractivity contribution in [1.29, 1.82) is 0 Å². The Morgan fingerprint density at radius 3 is 2.46 bits per heavy atom. The van der Waals surface area contributed by atoms with Crippen molar-refractivity contribution in [3.8, 4) is 11.3 Å². The number of hydrogen-bond donors (Lipinski definition) is 1. The van der Waals surface area contributed by atoms with E-state index in [9.17, 15) is 18.0 Å². The van der Waals surface area contributed by atoms with Gasteiger partial charge in [-0.05, 0) is 56.4 Å². The van der Waals surface area contributed by atoms with Crippen LogP contribution in [0.15, 0.2) is 54.1 Å². The molecule has 0 amide bonds. The van der Waals surface area contributed by atoms with Crippen molar-refractivity contribution in [3.05, 3.63) is 65.4 Å². The third kappa shape index (κ3) is 4.06. The summed E-state index contributed by atoms with van der Waals surface area (Å²) in [7, 11) is 0. The number of nitrogens with zero attached hydrogens (tertiary/aromatic N) is 1. The second kappa shape index (κ2) is 7.70. The largest absolute Gasteiger partial charge is 0.478 e. The number of carboxylic acids is 1. The monoisotopic (exact) mass is 389 g/mol. The molecule has 1 N–H and O–H groups in total. The van der Waals surface area contributed by atoms with E-state index >= 15 is 0 Å². The van der Waals surface area contributed by atoms with Gasteiger partial charge in [0.25, 0.3) is 0 Å². The van der Waals surface area contributed by atoms with Crippen LogP contribution in [0.2, 0.25) is 0 Å². The fourth-order valence-electron chi connectivity index (χ4n) is 3.60. The molecule has 0 aliphatic heterocycles. The second-order valence-corrected chi connectivity index (χ2v) is 7.15. The zero-order valence-electron chi connectivity index (χ0n) is 15.8. The summed E-state index contributed by atoms with van der Waals surface area (Å²) in [4.78, 5) is 11.0. The van der Waals surface area contributed by atoms with Gasteiger partial charge in [-0.25, -0.2) is 4.79 Å². The summed E-state index contributed by atoms with van der Waals surface area (Å²) in [6.07, 6.45) is -0.703. The van der Waals surface area contributed by atoms with E-state index in [2.05, 4.69) is 0 Å². The van der Waals surface area contributed by atoms with Gasteiger partial charge in [0.15, 0.2) is 0 Å². The molecule has 1 unspecified atom stereocenters. The quantitative estimate of drug-likeness (QED) is 0.537. The molecule has 1 aromatic heterocycles. The lowest BCUT2D eigenvalue weighted by Gasteiger charge is -2.26. The first kappa shape index (κ1) is 20.0. The van der Waals surface area contributed by atoms with Gasteiger partial charge in [-0.1, -0.05) is 36.4 Å². The van der Waals surface area contributed by atoms with Crippen molar-refractivity contribution in [2.24, 2.45) is 5.92 Å². The van der Waals surface area contributed by atoms with E-state index in [1.54, 1.807) is 13.0 Å². The van der Waals surface area contributed by atoms with Crippen LogP contribution >= 0.6 is 0 Å². The predicted octanol–water partition coefficient (Wildman–Crippen LogP) is 5.71. The first-order valence-electron chi connectivity index (χ1n) is 9.13. The first-order valence-corrected chi connectivity index (χ1v) is 9.13. The number of aromatic nitrogens is 1. The Labute approximate surface area is 161 Å². The summed E-state index contributed by atoms with van der Waals surface area (Å²) in [5.41, 5.74) is 4.16. The van der Waals surface area contributed by atoms with Crippen LogP contribution < -0.4 is 0 Å². The number of carbonyl (C=O) groups is 1. The number of allylic oxidation sites excluding steroid dienone is 3. The molecule has 0 spiro atoms. The van der Waals surface area contributed by atoms with Gasteiger partial charge in [-0.3, -0.25) is 0 Å². The molecule has 6 heteroatoms. The van der Waals surface area contributed by atoms with Crippen LogP contribution in [0.5, 0.6) is 0 Å². The van der Waals surface area contributed by atoms with Crippen molar-refractivity contribution in [1.82, 2.24) is 4.57 Å². The lowest BCUT2D eigenvalue weighted by atomic mass is 9.87. The Hall–Kier alpha value is -2.76. The highest BCUT2D eigenvalue weighted by Crippen LogP contribution is 2.40. The second-order valence-electron chi connectivity index (χ2n) is 7.15. The van der Waals surface area contributed by atoms with Crippen LogP contribution in [-0.2, 0) is 17.6 Å². The minimum atomic E-state index is -4.23. The van der Waals surface area contributed by atoms with Crippen LogP contribution in [0.4, 0.5) is 13.2 Å². The lowest BCUT2D eigenvalue weighted by Crippen LogP contribution is -2.29. The molecule has 28 heavy (non-hydrogen) atoms. The summed E-state index contributed by atoms with van der Waals surface area (Å²) < 4.78 is 41.9. The van der Waals surface area contributed by atoms with Gasteiger partial charge < -0.3 is 9.67 Å². The van der Waals surface area contributed by atoms with Crippen molar-refractivity contribution in [2.75, 3.05) is 0 Å². The van der Waals surface area contributed by atoms with Gasteiger partial charge >= 0.3 is 12.1 Å². The molecule has 1 aromatic carbocycles. The Kier molecular flexibility index (Phi) is 5.49. The summed E-state index contributed by atoms with van der Waals surface area (Å²) in [6.45, 7) is 3.27. The van der Waals surface area contributed by atoms with Gasteiger partial charge in [0.1, 0.15) is 0 Å². The molecule has 1 aliphatic carbocycles. The Morgan fingerprint density at radius 2 is 1.86 bits per heavy atom. The van der Waals surface area contributed by atoms with Crippen molar-refractivity contribution in [2.45, 2.75) is 39.3 Å². The van der Waals surface area contributed by atoms with E-state index in [0.29, 0.717) is 17.8 Å². The highest BCUT2D eigenvalue weighted by Gasteiger charge is 2.42. The molecule has 2 aromatic rings. The molecule has 0 saturated heterocycles. The van der Waals surface area contributed by atoms with Crippen LogP contribution in [-0.4, -0.2) is 21.8 Å².